The van der Waals surface area contributed by atoms with E-state index in [1.807, 2.05) is 91.9 Å². The molecule has 0 unspecified atom stereocenters. The van der Waals surface area contributed by atoms with E-state index >= 15 is 4.39 Å². The van der Waals surface area contributed by atoms with Crippen LogP contribution < -0.4 is 25.4 Å². The van der Waals surface area contributed by atoms with Gasteiger partial charge in [0, 0.05) is 63.4 Å². The van der Waals surface area contributed by atoms with Gasteiger partial charge in [0.05, 0.1) is 29.5 Å². The van der Waals surface area contributed by atoms with E-state index in [1.165, 1.54) is 12.4 Å². The highest BCUT2D eigenvalue weighted by Gasteiger charge is 2.20. The van der Waals surface area contributed by atoms with Crippen molar-refractivity contribution < 1.29 is 33.3 Å². The number of hydrogen-bond acceptors (Lipinski definition) is 7. The minimum atomic E-state index is -1.34. The first-order valence-electron chi connectivity index (χ1n) is 18.6. The Balaban J connectivity index is 0.000000204. The number of rotatable bonds is 12. The maximum absolute atomic E-state index is 15.1. The van der Waals surface area contributed by atoms with Crippen molar-refractivity contribution in [2.24, 2.45) is 0 Å². The van der Waals surface area contributed by atoms with Crippen LogP contribution in [-0.4, -0.2) is 52.5 Å². The average molecular weight is 801 g/mol. The average Bonchev–Trinajstić information content (AvgIpc) is 3.22. The van der Waals surface area contributed by atoms with Crippen molar-refractivity contribution in [3.63, 3.8) is 0 Å². The topological polar surface area (TPSA) is 134 Å². The van der Waals surface area contributed by atoms with Crippen LogP contribution >= 0.6 is 0 Å². The smallest absolute Gasteiger partial charge is 0.341 e. The lowest BCUT2D eigenvalue weighted by Crippen LogP contribution is -2.21. The van der Waals surface area contributed by atoms with Crippen LogP contribution in [0.3, 0.4) is 0 Å². The van der Waals surface area contributed by atoms with Crippen LogP contribution in [0.2, 0.25) is 0 Å². The predicted molar refractivity (Wildman–Crippen MR) is 225 cm³/mol. The zero-order chi connectivity index (χ0) is 42.4. The zero-order valence-electron chi connectivity index (χ0n) is 32.9. The highest BCUT2D eigenvalue weighted by Crippen LogP contribution is 2.28. The van der Waals surface area contributed by atoms with Gasteiger partial charge in [-0.05, 0) is 60.0 Å². The Labute approximate surface area is 338 Å². The largest absolute Gasteiger partial charge is 0.497 e. The van der Waals surface area contributed by atoms with Crippen LogP contribution in [0, 0.1) is 11.6 Å². The number of aryl methyl sites for hydroxylation is 1. The minimum Gasteiger partial charge on any atom is -0.497 e. The van der Waals surface area contributed by atoms with E-state index in [2.05, 4.69) is 0 Å². The second-order valence-corrected chi connectivity index (χ2v) is 13.9. The number of benzene rings is 5. The molecule has 13 heteroatoms. The molecule has 0 aliphatic carbocycles. The number of carbonyl (C=O) groups is 2. The Morgan fingerprint density at radius 1 is 0.627 bits per heavy atom. The number of halogens is 2. The molecule has 59 heavy (non-hydrogen) atoms. The van der Waals surface area contributed by atoms with E-state index in [0.29, 0.717) is 54.3 Å². The standard InChI is InChI=1S/C26H23FN2O4.C20H19FN2O3/c1-28(14-18-9-6-10-19(11-18)33-2)24-13-23-20(12-22(24)27)25(30)21(26(31)32)16-29(23)15-17-7-4-3-5-8-17;1-3-23-12-15(20(25)26)19(24)14-9-16(21)18(10-17(14)23)22(2)11-13-7-5-4-6-8-13/h3-13,16H,14-15H2,1-2H3,(H,31,32);4-10,12H,3,11H2,1-2H3,(H,25,26). The van der Waals surface area contributed by atoms with E-state index in [4.69, 9.17) is 4.74 Å². The Morgan fingerprint density at radius 2 is 1.08 bits per heavy atom. The van der Waals surface area contributed by atoms with Gasteiger partial charge in [-0.3, -0.25) is 9.59 Å². The molecule has 5 aromatic carbocycles. The summed E-state index contributed by atoms with van der Waals surface area (Å²) >= 11 is 0. The third-order valence-corrected chi connectivity index (χ3v) is 9.93. The van der Waals surface area contributed by atoms with E-state index < -0.39 is 40.0 Å². The van der Waals surface area contributed by atoms with Crippen molar-refractivity contribution in [1.82, 2.24) is 9.13 Å². The van der Waals surface area contributed by atoms with Gasteiger partial charge in [0.1, 0.15) is 28.5 Å². The summed E-state index contributed by atoms with van der Waals surface area (Å²) in [4.78, 5) is 51.6. The molecule has 0 fully saturated rings. The molecule has 2 aromatic heterocycles. The van der Waals surface area contributed by atoms with E-state index in [-0.39, 0.29) is 16.3 Å². The summed E-state index contributed by atoms with van der Waals surface area (Å²) in [5.41, 5.74) is 2.38. The number of hydrogen-bond donors (Lipinski definition) is 2. The fourth-order valence-electron chi connectivity index (χ4n) is 6.93. The van der Waals surface area contributed by atoms with E-state index in [1.54, 1.807) is 52.3 Å². The van der Waals surface area contributed by atoms with Gasteiger partial charge in [0.15, 0.2) is 0 Å². The summed E-state index contributed by atoms with van der Waals surface area (Å²) in [7, 11) is 5.12. The number of pyridine rings is 2. The van der Waals surface area contributed by atoms with Crippen molar-refractivity contribution in [2.45, 2.75) is 33.1 Å². The first-order chi connectivity index (χ1) is 28.3. The number of fused-ring (bicyclic) bond motifs is 2. The van der Waals surface area contributed by atoms with Gasteiger partial charge in [0.2, 0.25) is 10.9 Å². The monoisotopic (exact) mass is 800 g/mol. The molecule has 0 saturated carbocycles. The van der Waals surface area contributed by atoms with Crippen molar-refractivity contribution >= 4 is 45.1 Å². The van der Waals surface area contributed by atoms with Crippen molar-refractivity contribution in [1.29, 1.82) is 0 Å². The molecule has 2 heterocycles. The third-order valence-electron chi connectivity index (χ3n) is 9.93. The quantitative estimate of drug-likeness (QED) is 0.126. The first-order valence-corrected chi connectivity index (χ1v) is 18.6. The summed E-state index contributed by atoms with van der Waals surface area (Å²) in [6.45, 7) is 3.56. The molecule has 302 valence electrons. The minimum absolute atomic E-state index is 0.0295. The van der Waals surface area contributed by atoms with Gasteiger partial charge >= 0.3 is 11.9 Å². The van der Waals surface area contributed by atoms with Gasteiger partial charge in [-0.25, -0.2) is 18.4 Å². The van der Waals surface area contributed by atoms with Gasteiger partial charge < -0.3 is 33.9 Å². The molecular formula is C46H42F2N4O7. The fourth-order valence-corrected chi connectivity index (χ4v) is 6.93. The van der Waals surface area contributed by atoms with E-state index in [9.17, 15) is 33.8 Å². The van der Waals surface area contributed by atoms with E-state index in [0.717, 1.165) is 28.8 Å². The highest BCUT2D eigenvalue weighted by molar-refractivity contribution is 5.94. The number of aromatic carboxylic acids is 2. The van der Waals surface area contributed by atoms with Gasteiger partial charge in [-0.2, -0.15) is 0 Å². The molecule has 0 aliphatic heterocycles. The van der Waals surface area contributed by atoms with Crippen LogP contribution in [0.4, 0.5) is 20.2 Å². The Bertz CT molecular complexity index is 2790. The molecule has 0 atom stereocenters. The second-order valence-electron chi connectivity index (χ2n) is 13.9. The van der Waals surface area contributed by atoms with Gasteiger partial charge in [-0.1, -0.05) is 72.8 Å². The Hall–Kier alpha value is -7.28. The molecule has 0 aliphatic rings. The maximum Gasteiger partial charge on any atom is 0.341 e. The number of carboxylic acids is 2. The number of carboxylic acid groups (broad SMARTS) is 2. The molecule has 0 radical (unpaired) electrons. The van der Waals surface area contributed by atoms with Gasteiger partial charge in [0.25, 0.3) is 0 Å². The van der Waals surface area contributed by atoms with Crippen LogP contribution in [0.1, 0.15) is 44.3 Å². The molecule has 2 N–H and O–H groups in total. The Kier molecular flexibility index (Phi) is 12.5. The lowest BCUT2D eigenvalue weighted by molar-refractivity contribution is 0.0684. The number of methoxy groups -OCH3 is 1. The van der Waals surface area contributed by atoms with Crippen molar-refractivity contribution in [2.75, 3.05) is 31.0 Å². The SMILES string of the molecule is CCn1cc(C(=O)O)c(=O)c2cc(F)c(N(C)Cc3ccccc3)cc21.COc1cccc(CN(C)c2cc3c(cc2F)c(=O)c(C(=O)O)cn3Cc2ccccc2)c1. The van der Waals surface area contributed by atoms with Crippen LogP contribution in [0.5, 0.6) is 5.75 Å². The van der Waals surface area contributed by atoms with Crippen molar-refractivity contribution in [3.05, 3.63) is 181 Å². The number of nitrogens with zero attached hydrogens (tertiary/aromatic N) is 4. The zero-order valence-corrected chi connectivity index (χ0v) is 32.9. The van der Waals surface area contributed by atoms with Crippen LogP contribution in [-0.2, 0) is 26.2 Å². The lowest BCUT2D eigenvalue weighted by Gasteiger charge is -2.22. The first kappa shape index (κ1) is 41.4. The third kappa shape index (κ3) is 9.15. The summed E-state index contributed by atoms with van der Waals surface area (Å²) < 4.78 is 38.4. The highest BCUT2D eigenvalue weighted by atomic mass is 19.1. The molecule has 0 bridgehead atoms. The molecule has 0 amide bonds. The molecule has 7 rings (SSSR count). The predicted octanol–water partition coefficient (Wildman–Crippen LogP) is 8.03. The molecule has 0 spiro atoms. The number of ether oxygens (including phenoxy) is 1. The summed E-state index contributed by atoms with van der Waals surface area (Å²) in [5, 5.41) is 18.8. The molecule has 11 nitrogen and oxygen atoms in total. The summed E-state index contributed by atoms with van der Waals surface area (Å²) in [6, 6.07) is 32.1. The van der Waals surface area contributed by atoms with Crippen LogP contribution in [0.25, 0.3) is 21.8 Å². The molecular weight excluding hydrogens is 759 g/mol. The van der Waals surface area contributed by atoms with Gasteiger partial charge in [-0.15, -0.1) is 0 Å². The van der Waals surface area contributed by atoms with Crippen LogP contribution in [0.15, 0.2) is 131 Å². The van der Waals surface area contributed by atoms with Crippen molar-refractivity contribution in [3.8, 4) is 5.75 Å². The maximum atomic E-state index is 15.1. The molecule has 7 aromatic rings. The normalized spacial score (nSPS) is 10.9. The molecule has 0 saturated heterocycles. The number of aromatic nitrogens is 2. The second kappa shape index (κ2) is 17.9. The summed E-state index contributed by atoms with van der Waals surface area (Å²) in [5.74, 6) is -3.11. The Morgan fingerprint density at radius 3 is 1.58 bits per heavy atom. The lowest BCUT2D eigenvalue weighted by atomic mass is 10.1. The summed E-state index contributed by atoms with van der Waals surface area (Å²) in [6.07, 6.45) is 2.63. The number of anilines is 2. The fraction of sp³-hybridized carbons (Fsp3) is 0.174.